The largest absolute Gasteiger partial charge is 0.383 e. The Morgan fingerprint density at radius 1 is 1.24 bits per heavy atom. The highest BCUT2D eigenvalue weighted by Crippen LogP contribution is 2.48. The van der Waals surface area contributed by atoms with Crippen molar-refractivity contribution in [1.29, 1.82) is 0 Å². The third-order valence-electron chi connectivity index (χ3n) is 4.22. The van der Waals surface area contributed by atoms with Gasteiger partial charge in [-0.25, -0.2) is 0 Å². The first-order valence-electron chi connectivity index (χ1n) is 7.27. The standard InChI is InChI=1S/C14H28N2O/c1-17-10-13(3-2-8-15)16-9-14(11-4-5-11)12-6-7-12/h11-14,16H,2-10,15H2,1H3. The summed E-state index contributed by atoms with van der Waals surface area (Å²) in [5, 5.41) is 3.72. The van der Waals surface area contributed by atoms with Gasteiger partial charge in [0.1, 0.15) is 0 Å². The molecule has 0 saturated heterocycles. The fraction of sp³-hybridized carbons (Fsp3) is 1.00. The summed E-state index contributed by atoms with van der Waals surface area (Å²) in [6, 6.07) is 0.503. The van der Waals surface area contributed by atoms with Gasteiger partial charge in [0, 0.05) is 13.2 Å². The Morgan fingerprint density at radius 3 is 2.35 bits per heavy atom. The minimum absolute atomic E-state index is 0.503. The summed E-state index contributed by atoms with van der Waals surface area (Å²) in [5.41, 5.74) is 5.58. The van der Waals surface area contributed by atoms with Gasteiger partial charge in [0.05, 0.1) is 6.61 Å². The second-order valence-corrected chi connectivity index (χ2v) is 5.83. The summed E-state index contributed by atoms with van der Waals surface area (Å²) in [5.74, 6) is 3.02. The molecule has 3 N–H and O–H groups in total. The maximum absolute atomic E-state index is 5.58. The van der Waals surface area contributed by atoms with Crippen molar-refractivity contribution in [3.63, 3.8) is 0 Å². The van der Waals surface area contributed by atoms with Gasteiger partial charge >= 0.3 is 0 Å². The Morgan fingerprint density at radius 2 is 1.88 bits per heavy atom. The maximum atomic E-state index is 5.58. The number of nitrogens with two attached hydrogens (primary N) is 1. The van der Waals surface area contributed by atoms with Crippen LogP contribution in [0, 0.1) is 17.8 Å². The first-order chi connectivity index (χ1) is 8.35. The first kappa shape index (κ1) is 13.3. The van der Waals surface area contributed by atoms with Crippen LogP contribution in [0.25, 0.3) is 0 Å². The highest BCUT2D eigenvalue weighted by atomic mass is 16.5. The van der Waals surface area contributed by atoms with E-state index in [0.717, 1.165) is 43.7 Å². The highest BCUT2D eigenvalue weighted by Gasteiger charge is 2.41. The van der Waals surface area contributed by atoms with E-state index in [4.69, 9.17) is 10.5 Å². The van der Waals surface area contributed by atoms with Crippen molar-refractivity contribution in [2.45, 2.75) is 44.6 Å². The molecule has 2 aliphatic carbocycles. The molecule has 1 atom stereocenters. The summed E-state index contributed by atoms with van der Waals surface area (Å²) in [6.07, 6.45) is 8.13. The number of nitrogens with one attached hydrogen (secondary N) is 1. The summed E-state index contributed by atoms with van der Waals surface area (Å²) in [7, 11) is 1.79. The molecule has 0 bridgehead atoms. The molecule has 3 nitrogen and oxygen atoms in total. The molecule has 2 aliphatic rings. The molecule has 0 radical (unpaired) electrons. The average Bonchev–Trinajstić information content (AvgIpc) is 3.16. The van der Waals surface area contributed by atoms with Gasteiger partial charge in [0.25, 0.3) is 0 Å². The Hall–Kier alpha value is -0.120. The third kappa shape index (κ3) is 4.57. The van der Waals surface area contributed by atoms with Crippen molar-refractivity contribution in [2.75, 3.05) is 26.8 Å². The first-order valence-corrected chi connectivity index (χ1v) is 7.27. The van der Waals surface area contributed by atoms with Crippen molar-refractivity contribution in [3.8, 4) is 0 Å². The lowest BCUT2D eigenvalue weighted by Gasteiger charge is -2.22. The Bertz CT molecular complexity index is 202. The lowest BCUT2D eigenvalue weighted by Crippen LogP contribution is -2.38. The smallest absolute Gasteiger partial charge is 0.0615 e. The molecule has 0 heterocycles. The van der Waals surface area contributed by atoms with E-state index in [1.54, 1.807) is 7.11 Å². The minimum Gasteiger partial charge on any atom is -0.383 e. The van der Waals surface area contributed by atoms with Crippen molar-refractivity contribution in [3.05, 3.63) is 0 Å². The van der Waals surface area contributed by atoms with Gasteiger partial charge in [0.15, 0.2) is 0 Å². The van der Waals surface area contributed by atoms with E-state index >= 15 is 0 Å². The summed E-state index contributed by atoms with van der Waals surface area (Å²) < 4.78 is 5.28. The molecule has 3 heteroatoms. The zero-order valence-electron chi connectivity index (χ0n) is 11.2. The van der Waals surface area contributed by atoms with Gasteiger partial charge in [-0.2, -0.15) is 0 Å². The molecule has 0 aromatic carbocycles. The molecular formula is C14H28N2O. The predicted octanol–water partition coefficient (Wildman–Crippen LogP) is 1.77. The van der Waals surface area contributed by atoms with E-state index in [0.29, 0.717) is 6.04 Å². The molecule has 1 unspecified atom stereocenters. The van der Waals surface area contributed by atoms with Gasteiger partial charge in [-0.1, -0.05) is 0 Å². The van der Waals surface area contributed by atoms with Gasteiger partial charge < -0.3 is 15.8 Å². The summed E-state index contributed by atoms with van der Waals surface area (Å²) in [6.45, 7) is 2.81. The van der Waals surface area contributed by atoms with E-state index < -0.39 is 0 Å². The van der Waals surface area contributed by atoms with Crippen LogP contribution in [0.3, 0.4) is 0 Å². The van der Waals surface area contributed by atoms with Crippen LogP contribution in [0.15, 0.2) is 0 Å². The predicted molar refractivity (Wildman–Crippen MR) is 70.9 cm³/mol. The molecule has 0 spiro atoms. The molecule has 2 fully saturated rings. The van der Waals surface area contributed by atoms with Crippen molar-refractivity contribution in [1.82, 2.24) is 5.32 Å². The van der Waals surface area contributed by atoms with Gasteiger partial charge in [-0.3, -0.25) is 0 Å². The van der Waals surface area contributed by atoms with Crippen molar-refractivity contribution in [2.24, 2.45) is 23.5 Å². The zero-order valence-corrected chi connectivity index (χ0v) is 11.2. The molecule has 0 aromatic heterocycles. The number of methoxy groups -OCH3 is 1. The maximum Gasteiger partial charge on any atom is 0.0615 e. The molecule has 0 aromatic rings. The van der Waals surface area contributed by atoms with E-state index in [1.807, 2.05) is 0 Å². The van der Waals surface area contributed by atoms with Crippen LogP contribution in [0.4, 0.5) is 0 Å². The lowest BCUT2D eigenvalue weighted by molar-refractivity contribution is 0.157. The zero-order chi connectivity index (χ0) is 12.1. The molecule has 100 valence electrons. The van der Waals surface area contributed by atoms with Crippen LogP contribution in [-0.2, 0) is 4.74 Å². The topological polar surface area (TPSA) is 47.3 Å². The Kier molecular flexibility index (Phi) is 5.26. The van der Waals surface area contributed by atoms with E-state index in [1.165, 1.54) is 32.2 Å². The number of hydrogen-bond acceptors (Lipinski definition) is 3. The van der Waals surface area contributed by atoms with Gasteiger partial charge in [-0.15, -0.1) is 0 Å². The van der Waals surface area contributed by atoms with Crippen LogP contribution in [0.5, 0.6) is 0 Å². The lowest BCUT2D eigenvalue weighted by atomic mass is 9.97. The minimum atomic E-state index is 0.503. The van der Waals surface area contributed by atoms with Crippen LogP contribution in [-0.4, -0.2) is 32.8 Å². The SMILES string of the molecule is COCC(CCCN)NCC(C1CC1)C1CC1. The van der Waals surface area contributed by atoms with Crippen LogP contribution >= 0.6 is 0 Å². The second kappa shape index (κ2) is 6.72. The summed E-state index contributed by atoms with van der Waals surface area (Å²) >= 11 is 0. The van der Waals surface area contributed by atoms with Crippen LogP contribution < -0.4 is 11.1 Å². The van der Waals surface area contributed by atoms with E-state index in [9.17, 15) is 0 Å². The molecule has 0 amide bonds. The fourth-order valence-electron chi connectivity index (χ4n) is 2.88. The number of ether oxygens (including phenoxy) is 1. The fourth-order valence-corrected chi connectivity index (χ4v) is 2.88. The second-order valence-electron chi connectivity index (χ2n) is 5.83. The van der Waals surface area contributed by atoms with E-state index in [2.05, 4.69) is 5.32 Å². The van der Waals surface area contributed by atoms with Crippen molar-refractivity contribution >= 4 is 0 Å². The number of hydrogen-bond donors (Lipinski definition) is 2. The van der Waals surface area contributed by atoms with Gasteiger partial charge in [-0.05, 0) is 69.4 Å². The highest BCUT2D eigenvalue weighted by molar-refractivity contribution is 4.92. The Labute approximate surface area is 105 Å². The molecule has 2 rings (SSSR count). The quantitative estimate of drug-likeness (QED) is 0.612. The third-order valence-corrected chi connectivity index (χ3v) is 4.22. The molecular weight excluding hydrogens is 212 g/mol. The monoisotopic (exact) mass is 240 g/mol. The molecule has 0 aliphatic heterocycles. The molecule has 17 heavy (non-hydrogen) atoms. The Balaban J connectivity index is 1.68. The number of rotatable bonds is 10. The van der Waals surface area contributed by atoms with Crippen LogP contribution in [0.2, 0.25) is 0 Å². The summed E-state index contributed by atoms with van der Waals surface area (Å²) in [4.78, 5) is 0. The van der Waals surface area contributed by atoms with Crippen LogP contribution in [0.1, 0.15) is 38.5 Å². The van der Waals surface area contributed by atoms with E-state index in [-0.39, 0.29) is 0 Å². The van der Waals surface area contributed by atoms with Crippen molar-refractivity contribution < 1.29 is 4.74 Å². The normalized spacial score (nSPS) is 22.1. The van der Waals surface area contributed by atoms with Gasteiger partial charge in [0.2, 0.25) is 0 Å². The average molecular weight is 240 g/mol. The molecule has 2 saturated carbocycles.